The number of phenols is 1. The zero-order valence-corrected chi connectivity index (χ0v) is 24.0. The quantitative estimate of drug-likeness (QED) is 0.321. The lowest BCUT2D eigenvalue weighted by atomic mass is 10.0. The molecule has 216 valence electrons. The summed E-state index contributed by atoms with van der Waals surface area (Å²) in [7, 11) is 0. The van der Waals surface area contributed by atoms with Gasteiger partial charge in [0.1, 0.15) is 12.0 Å². The monoisotopic (exact) mass is 554 g/mol. The predicted molar refractivity (Wildman–Crippen MR) is 164 cm³/mol. The average Bonchev–Trinajstić information content (AvgIpc) is 2.98. The Bertz CT molecular complexity index is 1290. The van der Waals surface area contributed by atoms with Crippen LogP contribution in [-0.2, 0) is 13.0 Å². The zero-order chi connectivity index (χ0) is 29.0. The van der Waals surface area contributed by atoms with Crippen LogP contribution in [0.25, 0.3) is 0 Å². The molecular formula is C34H42N4O3. The lowest BCUT2D eigenvalue weighted by Crippen LogP contribution is -2.49. The molecule has 0 spiro atoms. The van der Waals surface area contributed by atoms with E-state index in [1.54, 1.807) is 12.1 Å². The fourth-order valence-electron chi connectivity index (χ4n) is 5.33. The number of hydrogen-bond donors (Lipinski definition) is 2. The van der Waals surface area contributed by atoms with E-state index < -0.39 is 0 Å². The minimum Gasteiger partial charge on any atom is -0.508 e. The van der Waals surface area contributed by atoms with Crippen LogP contribution >= 0.6 is 0 Å². The number of aromatic hydroxyl groups is 1. The molecule has 7 nitrogen and oxygen atoms in total. The lowest BCUT2D eigenvalue weighted by molar-refractivity contribution is 0.0628. The maximum Gasteiger partial charge on any atom is 0.253 e. The van der Waals surface area contributed by atoms with E-state index in [0.717, 1.165) is 63.2 Å². The van der Waals surface area contributed by atoms with Gasteiger partial charge in [-0.1, -0.05) is 54.6 Å². The largest absolute Gasteiger partial charge is 0.508 e. The normalized spacial score (nSPS) is 17.8. The van der Waals surface area contributed by atoms with E-state index >= 15 is 0 Å². The SMILES string of the molecule is C=CCN1CCNC(C)C1.O=Cc1ccc(CN2CCN(C(=O)c3cccc(Cc4cccc(O)c4)c3)CC2)cc1. The number of carbonyl (C=O) groups is 2. The summed E-state index contributed by atoms with van der Waals surface area (Å²) >= 11 is 0. The Morgan fingerprint density at radius 2 is 1.63 bits per heavy atom. The van der Waals surface area contributed by atoms with Crippen LogP contribution in [0.15, 0.2) is 85.5 Å². The van der Waals surface area contributed by atoms with Crippen LogP contribution < -0.4 is 5.32 Å². The van der Waals surface area contributed by atoms with Crippen molar-refractivity contribution in [1.82, 2.24) is 20.0 Å². The lowest BCUT2D eigenvalue weighted by Gasteiger charge is -2.35. The molecule has 0 saturated carbocycles. The van der Waals surface area contributed by atoms with Crippen molar-refractivity contribution in [1.29, 1.82) is 0 Å². The number of carbonyl (C=O) groups excluding carboxylic acids is 2. The predicted octanol–water partition coefficient (Wildman–Crippen LogP) is 4.22. The summed E-state index contributed by atoms with van der Waals surface area (Å²) in [6.45, 7) is 14.3. The van der Waals surface area contributed by atoms with E-state index in [-0.39, 0.29) is 11.7 Å². The Hall–Kier alpha value is -3.78. The van der Waals surface area contributed by atoms with Crippen LogP contribution in [0.1, 0.15) is 44.3 Å². The summed E-state index contributed by atoms with van der Waals surface area (Å²) in [6.07, 6.45) is 3.50. The van der Waals surface area contributed by atoms with Gasteiger partial charge in [0.25, 0.3) is 5.91 Å². The molecule has 0 aromatic heterocycles. The first-order valence-corrected chi connectivity index (χ1v) is 14.4. The fourth-order valence-corrected chi connectivity index (χ4v) is 5.33. The number of rotatable bonds is 8. The molecule has 5 rings (SSSR count). The van der Waals surface area contributed by atoms with Gasteiger partial charge in [-0.05, 0) is 54.3 Å². The third-order valence-electron chi connectivity index (χ3n) is 7.51. The number of amides is 1. The number of phenolic OH excluding ortho intramolecular Hbond substituents is 1. The Balaban J connectivity index is 0.000000328. The molecule has 1 unspecified atom stereocenters. The first kappa shape index (κ1) is 30.2. The number of nitrogens with one attached hydrogen (secondary N) is 1. The topological polar surface area (TPSA) is 76.1 Å². The number of aldehydes is 1. The van der Waals surface area contributed by atoms with Crippen molar-refractivity contribution in [3.63, 3.8) is 0 Å². The second-order valence-electron chi connectivity index (χ2n) is 10.9. The second kappa shape index (κ2) is 15.3. The van der Waals surface area contributed by atoms with Gasteiger partial charge >= 0.3 is 0 Å². The molecule has 3 aromatic rings. The van der Waals surface area contributed by atoms with Crippen LogP contribution in [-0.4, -0.2) is 90.4 Å². The molecule has 0 radical (unpaired) electrons. The van der Waals surface area contributed by atoms with Gasteiger partial charge in [-0.15, -0.1) is 6.58 Å². The molecular weight excluding hydrogens is 512 g/mol. The van der Waals surface area contributed by atoms with Crippen molar-refractivity contribution >= 4 is 12.2 Å². The molecule has 2 heterocycles. The van der Waals surface area contributed by atoms with Gasteiger partial charge in [0.2, 0.25) is 0 Å². The van der Waals surface area contributed by atoms with Gasteiger partial charge in [0, 0.05) is 76.1 Å². The Morgan fingerprint density at radius 3 is 2.29 bits per heavy atom. The fraction of sp³-hybridized carbons (Fsp3) is 0.353. The summed E-state index contributed by atoms with van der Waals surface area (Å²) in [5, 5.41) is 13.1. The number of piperazine rings is 2. The Morgan fingerprint density at radius 1 is 0.927 bits per heavy atom. The molecule has 2 N–H and O–H groups in total. The molecule has 0 bridgehead atoms. The van der Waals surface area contributed by atoms with Gasteiger partial charge in [-0.25, -0.2) is 0 Å². The van der Waals surface area contributed by atoms with Crippen molar-refractivity contribution < 1.29 is 14.7 Å². The third-order valence-corrected chi connectivity index (χ3v) is 7.51. The molecule has 3 aromatic carbocycles. The highest BCUT2D eigenvalue weighted by Crippen LogP contribution is 2.18. The third kappa shape index (κ3) is 9.39. The summed E-state index contributed by atoms with van der Waals surface area (Å²) in [5.74, 6) is 0.315. The maximum atomic E-state index is 13.0. The van der Waals surface area contributed by atoms with Crippen molar-refractivity contribution in [3.05, 3.63) is 113 Å². The summed E-state index contributed by atoms with van der Waals surface area (Å²) in [6, 6.07) is 23.3. The number of hydrogen-bond acceptors (Lipinski definition) is 6. The summed E-state index contributed by atoms with van der Waals surface area (Å²) in [4.78, 5) is 30.5. The summed E-state index contributed by atoms with van der Waals surface area (Å²) in [5.41, 5.74) is 4.62. The molecule has 7 heteroatoms. The number of nitrogens with zero attached hydrogens (tertiary/aromatic N) is 3. The van der Waals surface area contributed by atoms with Crippen LogP contribution in [0.4, 0.5) is 0 Å². The minimum absolute atomic E-state index is 0.0627. The van der Waals surface area contributed by atoms with Crippen LogP contribution in [0, 0.1) is 0 Å². The second-order valence-corrected chi connectivity index (χ2v) is 10.9. The van der Waals surface area contributed by atoms with Gasteiger partial charge in [0.15, 0.2) is 0 Å². The highest BCUT2D eigenvalue weighted by atomic mass is 16.3. The molecule has 41 heavy (non-hydrogen) atoms. The Labute approximate surface area is 244 Å². The highest BCUT2D eigenvalue weighted by molar-refractivity contribution is 5.94. The molecule has 2 fully saturated rings. The van der Waals surface area contributed by atoms with Gasteiger partial charge in [-0.3, -0.25) is 19.4 Å². The van der Waals surface area contributed by atoms with Gasteiger partial charge in [0.05, 0.1) is 0 Å². The molecule has 2 aliphatic rings. The van der Waals surface area contributed by atoms with E-state index in [9.17, 15) is 14.7 Å². The molecule has 1 atom stereocenters. The molecule has 0 aliphatic carbocycles. The zero-order valence-electron chi connectivity index (χ0n) is 24.0. The standard InChI is InChI=1S/C26H26N2O3.C8H16N2/c29-19-21-9-7-20(8-10-21)18-27-11-13-28(14-12-27)26(31)24-5-1-3-22(16-24)15-23-4-2-6-25(30)17-23;1-3-5-10-6-4-9-8(2)7-10/h1-10,16-17,19,30H,11-15,18H2;3,8-9H,1,4-7H2,2H3. The molecule has 1 amide bonds. The molecule has 2 saturated heterocycles. The highest BCUT2D eigenvalue weighted by Gasteiger charge is 2.22. The van der Waals surface area contributed by atoms with Crippen LogP contribution in [0.2, 0.25) is 0 Å². The number of benzene rings is 3. The van der Waals surface area contributed by atoms with Gasteiger partial charge in [-0.2, -0.15) is 0 Å². The summed E-state index contributed by atoms with van der Waals surface area (Å²) < 4.78 is 0. The van der Waals surface area contributed by atoms with E-state index in [4.69, 9.17) is 0 Å². The van der Waals surface area contributed by atoms with E-state index in [0.29, 0.717) is 36.7 Å². The average molecular weight is 555 g/mol. The van der Waals surface area contributed by atoms with Crippen LogP contribution in [0.5, 0.6) is 5.75 Å². The minimum atomic E-state index is 0.0627. The molecule has 2 aliphatic heterocycles. The van der Waals surface area contributed by atoms with Crippen molar-refractivity contribution in [2.24, 2.45) is 0 Å². The maximum absolute atomic E-state index is 13.0. The smallest absolute Gasteiger partial charge is 0.253 e. The van der Waals surface area contributed by atoms with Gasteiger partial charge < -0.3 is 15.3 Å². The van der Waals surface area contributed by atoms with E-state index in [2.05, 4.69) is 28.6 Å². The van der Waals surface area contributed by atoms with E-state index in [1.807, 2.05) is 71.6 Å². The first-order chi connectivity index (χ1) is 19.9. The first-order valence-electron chi connectivity index (χ1n) is 14.4. The van der Waals surface area contributed by atoms with Crippen molar-refractivity contribution in [3.8, 4) is 5.75 Å². The van der Waals surface area contributed by atoms with Crippen LogP contribution in [0.3, 0.4) is 0 Å². The van der Waals surface area contributed by atoms with E-state index in [1.165, 1.54) is 5.56 Å². The Kier molecular flexibility index (Phi) is 11.3. The van der Waals surface area contributed by atoms with Crippen molar-refractivity contribution in [2.45, 2.75) is 25.9 Å². The van der Waals surface area contributed by atoms with Crippen molar-refractivity contribution in [2.75, 3.05) is 52.4 Å².